The highest BCUT2D eigenvalue weighted by Gasteiger charge is 2.14. The maximum atomic E-state index is 11.4. The molecular formula is C15H17NO4. The average Bonchev–Trinajstić information content (AvgIpc) is 2.95. The Labute approximate surface area is 117 Å². The van der Waals surface area contributed by atoms with Crippen molar-refractivity contribution >= 4 is 5.97 Å². The van der Waals surface area contributed by atoms with Crippen molar-refractivity contribution in [1.29, 1.82) is 0 Å². The Morgan fingerprint density at radius 1 is 1.35 bits per heavy atom. The maximum absolute atomic E-state index is 11.4. The molecule has 1 aromatic carbocycles. The average molecular weight is 275 g/mol. The lowest BCUT2D eigenvalue weighted by atomic mass is 10.1. The predicted octanol–water partition coefficient (Wildman–Crippen LogP) is 3.13. The molecule has 0 N–H and O–H groups in total. The van der Waals surface area contributed by atoms with Crippen molar-refractivity contribution in [1.82, 2.24) is 5.16 Å². The number of rotatable bonds is 6. The van der Waals surface area contributed by atoms with Gasteiger partial charge in [-0.3, -0.25) is 0 Å². The number of benzene rings is 1. The fraction of sp³-hybridized carbons (Fsp3) is 0.333. The van der Waals surface area contributed by atoms with Crippen LogP contribution in [-0.4, -0.2) is 17.7 Å². The van der Waals surface area contributed by atoms with Crippen LogP contribution in [0.5, 0.6) is 0 Å². The highest BCUT2D eigenvalue weighted by molar-refractivity contribution is 5.87. The molecule has 1 aromatic heterocycles. The van der Waals surface area contributed by atoms with Gasteiger partial charge in [0.05, 0.1) is 12.7 Å². The topological polar surface area (TPSA) is 61.6 Å². The van der Waals surface area contributed by atoms with E-state index >= 15 is 0 Å². The molecule has 0 saturated carbocycles. The van der Waals surface area contributed by atoms with Crippen molar-refractivity contribution in [2.24, 2.45) is 0 Å². The molecule has 0 spiro atoms. The van der Waals surface area contributed by atoms with Gasteiger partial charge in [0.25, 0.3) is 0 Å². The fourth-order valence-electron chi connectivity index (χ4n) is 1.71. The number of hydrogen-bond acceptors (Lipinski definition) is 5. The first-order chi connectivity index (χ1) is 9.70. The third-order valence-corrected chi connectivity index (χ3v) is 2.79. The van der Waals surface area contributed by atoms with Gasteiger partial charge in [0.2, 0.25) is 0 Å². The molecule has 0 amide bonds. The highest BCUT2D eigenvalue weighted by atomic mass is 16.5. The minimum atomic E-state index is -0.487. The Morgan fingerprint density at radius 2 is 2.10 bits per heavy atom. The first-order valence-electron chi connectivity index (χ1n) is 6.50. The Bertz CT molecular complexity index is 550. The Morgan fingerprint density at radius 3 is 2.80 bits per heavy atom. The van der Waals surface area contributed by atoms with Gasteiger partial charge in [-0.25, -0.2) is 4.79 Å². The lowest BCUT2D eigenvalue weighted by Crippen LogP contribution is -2.04. The second kappa shape index (κ2) is 6.86. The first kappa shape index (κ1) is 14.3. The van der Waals surface area contributed by atoms with Crippen LogP contribution in [0, 0.1) is 0 Å². The maximum Gasteiger partial charge on any atom is 0.360 e. The number of nitrogens with zero attached hydrogens (tertiary/aromatic N) is 1. The number of hydrogen-bond donors (Lipinski definition) is 0. The molecule has 2 rings (SSSR count). The van der Waals surface area contributed by atoms with Crippen LogP contribution < -0.4 is 0 Å². The number of carbonyl (C=O) groups is 1. The quantitative estimate of drug-likeness (QED) is 0.758. The molecule has 2 aromatic rings. The van der Waals surface area contributed by atoms with Gasteiger partial charge in [0.1, 0.15) is 6.61 Å². The van der Waals surface area contributed by atoms with E-state index in [2.05, 4.69) is 5.16 Å². The standard InChI is InChI=1S/C15H17NO4/c1-3-18-15(17)14-9-13(20-16-14)10-19-11(2)12-7-5-4-6-8-12/h4-9,11H,3,10H2,1-2H3. The number of aromatic nitrogens is 1. The summed E-state index contributed by atoms with van der Waals surface area (Å²) in [7, 11) is 0. The minimum absolute atomic E-state index is 0.0626. The van der Waals surface area contributed by atoms with Gasteiger partial charge in [-0.2, -0.15) is 0 Å². The molecule has 1 unspecified atom stereocenters. The third-order valence-electron chi connectivity index (χ3n) is 2.79. The summed E-state index contributed by atoms with van der Waals surface area (Å²) in [6, 6.07) is 11.4. The smallest absolute Gasteiger partial charge is 0.360 e. The van der Waals surface area contributed by atoms with Gasteiger partial charge < -0.3 is 14.0 Å². The lowest BCUT2D eigenvalue weighted by Gasteiger charge is -2.11. The van der Waals surface area contributed by atoms with Crippen LogP contribution in [0.4, 0.5) is 0 Å². The normalized spacial score (nSPS) is 12.1. The summed E-state index contributed by atoms with van der Waals surface area (Å²) in [6.45, 7) is 4.26. The zero-order chi connectivity index (χ0) is 14.4. The monoisotopic (exact) mass is 275 g/mol. The van der Waals surface area contributed by atoms with Gasteiger partial charge >= 0.3 is 5.97 Å². The van der Waals surface area contributed by atoms with E-state index < -0.39 is 5.97 Å². The van der Waals surface area contributed by atoms with E-state index in [9.17, 15) is 4.79 Å². The van der Waals surface area contributed by atoms with Crippen LogP contribution in [0.25, 0.3) is 0 Å². The second-order valence-corrected chi connectivity index (χ2v) is 4.26. The summed E-state index contributed by atoms with van der Waals surface area (Å²) in [4.78, 5) is 11.4. The largest absolute Gasteiger partial charge is 0.461 e. The molecule has 20 heavy (non-hydrogen) atoms. The molecule has 0 aliphatic rings. The third kappa shape index (κ3) is 3.68. The van der Waals surface area contributed by atoms with Crippen LogP contribution in [0.2, 0.25) is 0 Å². The summed E-state index contributed by atoms with van der Waals surface area (Å²) in [5.74, 6) is 0.00874. The Hall–Kier alpha value is -2.14. The molecule has 0 saturated heterocycles. The molecule has 106 valence electrons. The van der Waals surface area contributed by atoms with Gasteiger partial charge in [0, 0.05) is 6.07 Å². The molecule has 0 fully saturated rings. The van der Waals surface area contributed by atoms with Crippen molar-refractivity contribution in [3.8, 4) is 0 Å². The number of esters is 1. The zero-order valence-electron chi connectivity index (χ0n) is 11.5. The van der Waals surface area contributed by atoms with Crippen LogP contribution >= 0.6 is 0 Å². The van der Waals surface area contributed by atoms with Crippen LogP contribution in [0.3, 0.4) is 0 Å². The molecule has 5 nitrogen and oxygen atoms in total. The molecule has 0 radical (unpaired) electrons. The van der Waals surface area contributed by atoms with Crippen molar-refractivity contribution in [2.45, 2.75) is 26.6 Å². The minimum Gasteiger partial charge on any atom is -0.461 e. The summed E-state index contributed by atoms with van der Waals surface area (Å²) in [6.07, 6.45) is -0.0626. The number of carbonyl (C=O) groups excluding carboxylic acids is 1. The van der Waals surface area contributed by atoms with Gasteiger partial charge in [0.15, 0.2) is 11.5 Å². The van der Waals surface area contributed by atoms with Crippen molar-refractivity contribution in [3.63, 3.8) is 0 Å². The zero-order valence-corrected chi connectivity index (χ0v) is 11.5. The van der Waals surface area contributed by atoms with E-state index in [1.807, 2.05) is 37.3 Å². The van der Waals surface area contributed by atoms with E-state index in [0.29, 0.717) is 12.4 Å². The van der Waals surface area contributed by atoms with E-state index in [1.165, 1.54) is 6.07 Å². The van der Waals surface area contributed by atoms with Crippen LogP contribution in [0.15, 0.2) is 40.9 Å². The van der Waals surface area contributed by atoms with E-state index in [1.54, 1.807) is 6.92 Å². The van der Waals surface area contributed by atoms with Crippen LogP contribution in [-0.2, 0) is 16.1 Å². The second-order valence-electron chi connectivity index (χ2n) is 4.26. The molecule has 0 aliphatic heterocycles. The van der Waals surface area contributed by atoms with Crippen molar-refractivity contribution < 1.29 is 18.8 Å². The van der Waals surface area contributed by atoms with Gasteiger partial charge in [-0.05, 0) is 19.4 Å². The van der Waals surface area contributed by atoms with Gasteiger partial charge in [-0.15, -0.1) is 0 Å². The van der Waals surface area contributed by atoms with E-state index in [0.717, 1.165) is 5.56 Å². The number of ether oxygens (including phenoxy) is 2. The van der Waals surface area contributed by atoms with Crippen molar-refractivity contribution in [3.05, 3.63) is 53.4 Å². The molecule has 0 bridgehead atoms. The molecule has 1 heterocycles. The SMILES string of the molecule is CCOC(=O)c1cc(COC(C)c2ccccc2)on1. The molecular weight excluding hydrogens is 258 g/mol. The summed E-state index contributed by atoms with van der Waals surface area (Å²) in [5.41, 5.74) is 1.25. The predicted molar refractivity (Wildman–Crippen MR) is 72.1 cm³/mol. The summed E-state index contributed by atoms with van der Waals surface area (Å²) >= 11 is 0. The van der Waals surface area contributed by atoms with Crippen molar-refractivity contribution in [2.75, 3.05) is 6.61 Å². The highest BCUT2D eigenvalue weighted by Crippen LogP contribution is 2.18. The molecule has 5 heteroatoms. The Balaban J connectivity index is 1.90. The lowest BCUT2D eigenvalue weighted by molar-refractivity contribution is 0.0387. The molecule has 0 aliphatic carbocycles. The summed E-state index contributed by atoms with van der Waals surface area (Å²) in [5, 5.41) is 3.66. The van der Waals surface area contributed by atoms with Gasteiger partial charge in [-0.1, -0.05) is 35.5 Å². The van der Waals surface area contributed by atoms with E-state index in [-0.39, 0.29) is 18.4 Å². The summed E-state index contributed by atoms with van der Waals surface area (Å²) < 4.78 is 15.6. The first-order valence-corrected chi connectivity index (χ1v) is 6.50. The fourth-order valence-corrected chi connectivity index (χ4v) is 1.71. The van der Waals surface area contributed by atoms with Crippen LogP contribution in [0.1, 0.15) is 41.8 Å². The Kier molecular flexibility index (Phi) is 4.90. The molecule has 1 atom stereocenters. The van der Waals surface area contributed by atoms with E-state index in [4.69, 9.17) is 14.0 Å².